The first kappa shape index (κ1) is 12.3. The Morgan fingerprint density at radius 2 is 2.17 bits per heavy atom. The second-order valence-electron chi connectivity index (χ2n) is 4.19. The van der Waals surface area contributed by atoms with Crippen LogP contribution >= 0.6 is 0 Å². The summed E-state index contributed by atoms with van der Waals surface area (Å²) >= 11 is 0. The second kappa shape index (κ2) is 5.03. The van der Waals surface area contributed by atoms with E-state index in [1.165, 1.54) is 19.2 Å². The van der Waals surface area contributed by atoms with Crippen LogP contribution in [0.5, 0.6) is 0 Å². The topological polar surface area (TPSA) is 79.5 Å². The van der Waals surface area contributed by atoms with Gasteiger partial charge in [-0.15, -0.1) is 0 Å². The highest BCUT2D eigenvalue weighted by molar-refractivity contribution is 5.83. The van der Waals surface area contributed by atoms with Crippen LogP contribution in [0.4, 0.5) is 11.4 Å². The SMILES string of the molecule is COC(=N)C1CCCN1c1ccc([N+](=O)[O-])cc1. The summed E-state index contributed by atoms with van der Waals surface area (Å²) in [6, 6.07) is 6.36. The van der Waals surface area contributed by atoms with Gasteiger partial charge in [-0.25, -0.2) is 0 Å². The minimum atomic E-state index is -0.414. The lowest BCUT2D eigenvalue weighted by Gasteiger charge is -2.26. The van der Waals surface area contributed by atoms with Crippen LogP contribution in [0, 0.1) is 15.5 Å². The van der Waals surface area contributed by atoms with Crippen LogP contribution in [0.3, 0.4) is 0 Å². The minimum Gasteiger partial charge on any atom is -0.483 e. The summed E-state index contributed by atoms with van der Waals surface area (Å²) in [5.74, 6) is 0.242. The number of non-ortho nitro benzene ring substituents is 1. The van der Waals surface area contributed by atoms with Gasteiger partial charge in [0, 0.05) is 24.4 Å². The van der Waals surface area contributed by atoms with Crippen molar-refractivity contribution in [1.29, 1.82) is 5.41 Å². The summed E-state index contributed by atoms with van der Waals surface area (Å²) in [4.78, 5) is 12.2. The zero-order chi connectivity index (χ0) is 13.1. The fourth-order valence-electron chi connectivity index (χ4n) is 2.25. The van der Waals surface area contributed by atoms with Crippen LogP contribution in [0.15, 0.2) is 24.3 Å². The van der Waals surface area contributed by atoms with E-state index in [4.69, 9.17) is 10.1 Å². The average Bonchev–Trinajstić information content (AvgIpc) is 2.87. The van der Waals surface area contributed by atoms with Crippen molar-refractivity contribution < 1.29 is 9.66 Å². The van der Waals surface area contributed by atoms with E-state index in [0.717, 1.165) is 25.1 Å². The van der Waals surface area contributed by atoms with Crippen LogP contribution in [0.2, 0.25) is 0 Å². The van der Waals surface area contributed by atoms with Gasteiger partial charge < -0.3 is 9.64 Å². The van der Waals surface area contributed by atoms with E-state index in [2.05, 4.69) is 4.90 Å². The molecule has 0 aliphatic carbocycles. The highest BCUT2D eigenvalue weighted by Gasteiger charge is 2.29. The summed E-state index contributed by atoms with van der Waals surface area (Å²) in [6.07, 6.45) is 1.87. The number of methoxy groups -OCH3 is 1. The highest BCUT2D eigenvalue weighted by Crippen LogP contribution is 2.27. The normalized spacial score (nSPS) is 18.7. The number of nitro groups is 1. The Morgan fingerprint density at radius 1 is 1.50 bits per heavy atom. The van der Waals surface area contributed by atoms with Gasteiger partial charge >= 0.3 is 0 Å². The molecular weight excluding hydrogens is 234 g/mol. The lowest BCUT2D eigenvalue weighted by molar-refractivity contribution is -0.384. The maximum Gasteiger partial charge on any atom is 0.269 e. The molecule has 1 fully saturated rings. The molecule has 1 unspecified atom stereocenters. The Bertz CT molecular complexity index is 458. The molecule has 0 bridgehead atoms. The second-order valence-corrected chi connectivity index (χ2v) is 4.19. The molecule has 2 rings (SSSR count). The fourth-order valence-corrected chi connectivity index (χ4v) is 2.25. The Kier molecular flexibility index (Phi) is 3.45. The molecule has 0 aromatic heterocycles. The smallest absolute Gasteiger partial charge is 0.269 e. The van der Waals surface area contributed by atoms with E-state index in [0.29, 0.717) is 0 Å². The van der Waals surface area contributed by atoms with Crippen LogP contribution in [0.1, 0.15) is 12.8 Å². The number of anilines is 1. The number of rotatable bonds is 3. The molecule has 1 aliphatic heterocycles. The van der Waals surface area contributed by atoms with Gasteiger partial charge in [0.15, 0.2) is 0 Å². The summed E-state index contributed by atoms with van der Waals surface area (Å²) < 4.78 is 4.98. The number of benzene rings is 1. The number of nitro benzene ring substituents is 1. The Labute approximate surface area is 105 Å². The summed E-state index contributed by atoms with van der Waals surface area (Å²) in [5, 5.41) is 18.3. The van der Waals surface area contributed by atoms with Gasteiger partial charge in [0.2, 0.25) is 5.90 Å². The number of hydrogen-bond acceptors (Lipinski definition) is 5. The molecule has 1 heterocycles. The van der Waals surface area contributed by atoms with Gasteiger partial charge in [0.05, 0.1) is 12.0 Å². The summed E-state index contributed by atoms with van der Waals surface area (Å²) in [7, 11) is 1.49. The van der Waals surface area contributed by atoms with E-state index in [1.807, 2.05) is 0 Å². The first-order chi connectivity index (χ1) is 8.63. The molecule has 1 aromatic rings. The van der Waals surface area contributed by atoms with Crippen molar-refractivity contribution in [2.45, 2.75) is 18.9 Å². The van der Waals surface area contributed by atoms with Crippen molar-refractivity contribution in [2.24, 2.45) is 0 Å². The fraction of sp³-hybridized carbons (Fsp3) is 0.417. The largest absolute Gasteiger partial charge is 0.483 e. The third kappa shape index (κ3) is 2.27. The molecule has 6 nitrogen and oxygen atoms in total. The zero-order valence-corrected chi connectivity index (χ0v) is 10.1. The molecule has 1 saturated heterocycles. The molecule has 6 heteroatoms. The van der Waals surface area contributed by atoms with Gasteiger partial charge in [-0.2, -0.15) is 0 Å². The Morgan fingerprint density at radius 3 is 2.72 bits per heavy atom. The quantitative estimate of drug-likeness (QED) is 0.385. The van der Waals surface area contributed by atoms with E-state index in [-0.39, 0.29) is 17.6 Å². The third-order valence-electron chi connectivity index (χ3n) is 3.17. The summed E-state index contributed by atoms with van der Waals surface area (Å²) in [5.41, 5.74) is 0.973. The Balaban J connectivity index is 2.20. The van der Waals surface area contributed by atoms with Gasteiger partial charge in [-0.3, -0.25) is 15.5 Å². The highest BCUT2D eigenvalue weighted by atomic mass is 16.6. The number of hydrogen-bond donors (Lipinski definition) is 1. The molecule has 1 aromatic carbocycles. The van der Waals surface area contributed by atoms with Gasteiger partial charge in [0.25, 0.3) is 5.69 Å². The van der Waals surface area contributed by atoms with Crippen LogP contribution < -0.4 is 4.90 Å². The standard InChI is InChI=1S/C12H15N3O3/c1-18-12(13)11-3-2-8-14(11)9-4-6-10(7-5-9)15(16)17/h4-7,11,13H,2-3,8H2,1H3. The lowest BCUT2D eigenvalue weighted by Crippen LogP contribution is -2.36. The van der Waals surface area contributed by atoms with Gasteiger partial charge in [-0.05, 0) is 25.0 Å². The number of ether oxygens (including phenoxy) is 1. The third-order valence-corrected chi connectivity index (χ3v) is 3.17. The van der Waals surface area contributed by atoms with Crippen molar-refractivity contribution in [2.75, 3.05) is 18.6 Å². The molecule has 18 heavy (non-hydrogen) atoms. The van der Waals surface area contributed by atoms with E-state index < -0.39 is 4.92 Å². The zero-order valence-electron chi connectivity index (χ0n) is 10.1. The van der Waals surface area contributed by atoms with Crippen molar-refractivity contribution in [3.8, 4) is 0 Å². The van der Waals surface area contributed by atoms with Gasteiger partial charge in [0.1, 0.15) is 6.04 Å². The summed E-state index contributed by atoms with van der Waals surface area (Å²) in [6.45, 7) is 0.841. The van der Waals surface area contributed by atoms with E-state index >= 15 is 0 Å². The predicted octanol–water partition coefficient (Wildman–Crippen LogP) is 2.19. The monoisotopic (exact) mass is 249 g/mol. The average molecular weight is 249 g/mol. The number of nitrogens with zero attached hydrogens (tertiary/aromatic N) is 2. The molecule has 96 valence electrons. The molecule has 0 radical (unpaired) electrons. The van der Waals surface area contributed by atoms with Crippen molar-refractivity contribution in [3.05, 3.63) is 34.4 Å². The minimum absolute atomic E-state index is 0.0588. The van der Waals surface area contributed by atoms with Crippen molar-refractivity contribution in [1.82, 2.24) is 0 Å². The molecule has 0 spiro atoms. The maximum absolute atomic E-state index is 10.6. The van der Waals surface area contributed by atoms with Crippen molar-refractivity contribution >= 4 is 17.3 Å². The van der Waals surface area contributed by atoms with Crippen LogP contribution in [-0.2, 0) is 4.74 Å². The van der Waals surface area contributed by atoms with E-state index in [9.17, 15) is 10.1 Å². The van der Waals surface area contributed by atoms with Crippen LogP contribution in [-0.4, -0.2) is 30.5 Å². The first-order valence-corrected chi connectivity index (χ1v) is 5.77. The molecule has 1 atom stereocenters. The maximum atomic E-state index is 10.6. The molecule has 0 amide bonds. The molecule has 1 aliphatic rings. The lowest BCUT2D eigenvalue weighted by atomic mass is 10.2. The van der Waals surface area contributed by atoms with Crippen LogP contribution in [0.25, 0.3) is 0 Å². The molecular formula is C12H15N3O3. The van der Waals surface area contributed by atoms with Gasteiger partial charge in [-0.1, -0.05) is 0 Å². The molecule has 1 N–H and O–H groups in total. The Hall–Kier alpha value is -2.11. The predicted molar refractivity (Wildman–Crippen MR) is 68.2 cm³/mol. The first-order valence-electron chi connectivity index (χ1n) is 5.77. The van der Waals surface area contributed by atoms with E-state index in [1.54, 1.807) is 12.1 Å². The van der Waals surface area contributed by atoms with Crippen molar-refractivity contribution in [3.63, 3.8) is 0 Å². The molecule has 0 saturated carbocycles. The number of nitrogens with one attached hydrogen (secondary N) is 1.